The third kappa shape index (κ3) is 17.2. The first-order valence-electron chi connectivity index (χ1n) is 7.90. The summed E-state index contributed by atoms with van der Waals surface area (Å²) in [6, 6.07) is 0. The number of hydrogen-bond acceptors (Lipinski definition) is 2. The molecular formula is C16H31O2Rb. The zero-order valence-corrected chi connectivity index (χ0v) is 18.3. The van der Waals surface area contributed by atoms with Gasteiger partial charge < -0.3 is 9.90 Å². The van der Waals surface area contributed by atoms with Crippen molar-refractivity contribution in [3.63, 3.8) is 0 Å². The van der Waals surface area contributed by atoms with E-state index < -0.39 is 5.97 Å². The van der Waals surface area contributed by atoms with Crippen LogP contribution in [0.15, 0.2) is 0 Å². The molecule has 0 radical (unpaired) electrons. The van der Waals surface area contributed by atoms with Crippen LogP contribution in [0.4, 0.5) is 0 Å². The Hall–Kier alpha value is 1.28. The number of unbranched alkanes of at least 4 members (excludes halogenated alkanes) is 7. The molecule has 0 aliphatic rings. The Morgan fingerprint density at radius 3 is 1.89 bits per heavy atom. The molecule has 108 valence electrons. The zero-order chi connectivity index (χ0) is 13.6. The van der Waals surface area contributed by atoms with Crippen LogP contribution >= 0.6 is 0 Å². The zero-order valence-electron chi connectivity index (χ0n) is 13.4. The standard InChI is InChI=1S/C16H32O2.Rb/c1-3-5-6-7-8-9-10-11-12-15(4-2)13-14-16(17)18;/h15H,3-14H2,1-2H3,(H,17,18);/q;+1/p-1. The maximum Gasteiger partial charge on any atom is 1.00 e. The molecule has 0 spiro atoms. The van der Waals surface area contributed by atoms with Gasteiger partial charge in [-0.05, 0) is 18.8 Å². The first-order valence-corrected chi connectivity index (χ1v) is 7.90. The van der Waals surface area contributed by atoms with E-state index in [1.165, 1.54) is 57.8 Å². The maximum atomic E-state index is 10.4. The molecule has 1 unspecified atom stereocenters. The smallest absolute Gasteiger partial charge is 0.550 e. The molecule has 0 rings (SSSR count). The monoisotopic (exact) mass is 340 g/mol. The van der Waals surface area contributed by atoms with Crippen molar-refractivity contribution in [2.45, 2.75) is 90.9 Å². The van der Waals surface area contributed by atoms with Crippen LogP contribution in [-0.2, 0) is 4.79 Å². The summed E-state index contributed by atoms with van der Waals surface area (Å²) in [5.74, 6) is -0.313. The molecule has 0 fully saturated rings. The number of carbonyl (C=O) groups excluding carboxylic acids is 1. The van der Waals surface area contributed by atoms with Gasteiger partial charge in [0.25, 0.3) is 0 Å². The molecule has 0 N–H and O–H groups in total. The van der Waals surface area contributed by atoms with Gasteiger partial charge in [-0.15, -0.1) is 0 Å². The molecule has 1 atom stereocenters. The van der Waals surface area contributed by atoms with Gasteiger partial charge in [-0.3, -0.25) is 0 Å². The van der Waals surface area contributed by atoms with Crippen LogP contribution in [0, 0.1) is 5.92 Å². The predicted molar refractivity (Wildman–Crippen MR) is 75.2 cm³/mol. The van der Waals surface area contributed by atoms with Crippen LogP contribution in [0.2, 0.25) is 0 Å². The third-order valence-electron chi connectivity index (χ3n) is 3.80. The van der Waals surface area contributed by atoms with Crippen LogP contribution in [0.5, 0.6) is 0 Å². The number of carbonyl (C=O) groups is 1. The van der Waals surface area contributed by atoms with Crippen molar-refractivity contribution in [2.75, 3.05) is 0 Å². The van der Waals surface area contributed by atoms with Crippen LogP contribution in [0.3, 0.4) is 0 Å². The summed E-state index contributed by atoms with van der Waals surface area (Å²) in [5.41, 5.74) is 0. The molecule has 0 saturated carbocycles. The average Bonchev–Trinajstić information content (AvgIpc) is 2.36. The minimum Gasteiger partial charge on any atom is -0.550 e. The Kier molecular flexibility index (Phi) is 20.6. The Morgan fingerprint density at radius 2 is 1.42 bits per heavy atom. The van der Waals surface area contributed by atoms with E-state index in [4.69, 9.17) is 0 Å². The molecule has 3 heteroatoms. The first kappa shape index (κ1) is 22.6. The van der Waals surface area contributed by atoms with Gasteiger partial charge in [0.1, 0.15) is 0 Å². The molecule has 0 saturated heterocycles. The van der Waals surface area contributed by atoms with Crippen LogP contribution in [0.1, 0.15) is 90.9 Å². The van der Waals surface area contributed by atoms with Crippen molar-refractivity contribution >= 4 is 5.97 Å². The second-order valence-electron chi connectivity index (χ2n) is 5.45. The third-order valence-corrected chi connectivity index (χ3v) is 3.80. The van der Waals surface area contributed by atoms with Gasteiger partial charge in [-0.25, -0.2) is 0 Å². The number of carboxylic acids is 1. The Balaban J connectivity index is 0. The first-order chi connectivity index (χ1) is 8.70. The fourth-order valence-corrected chi connectivity index (χ4v) is 2.44. The number of aliphatic carboxylic acids is 1. The minimum atomic E-state index is -0.899. The minimum absolute atomic E-state index is 0. The van der Waals surface area contributed by atoms with Gasteiger partial charge in [0.2, 0.25) is 0 Å². The molecule has 2 nitrogen and oxygen atoms in total. The molecule has 0 amide bonds. The van der Waals surface area contributed by atoms with E-state index in [-0.39, 0.29) is 64.6 Å². The predicted octanol–water partition coefficient (Wildman–Crippen LogP) is 1.08. The van der Waals surface area contributed by atoms with Gasteiger partial charge in [-0.1, -0.05) is 78.1 Å². The van der Waals surface area contributed by atoms with Gasteiger partial charge >= 0.3 is 58.2 Å². The summed E-state index contributed by atoms with van der Waals surface area (Å²) in [7, 11) is 0. The van der Waals surface area contributed by atoms with Gasteiger partial charge in [0.15, 0.2) is 0 Å². The molecule has 0 heterocycles. The SMILES string of the molecule is CCCCCCCCCCC(CC)CCC(=O)[O-].[Rb+]. The average molecular weight is 341 g/mol. The van der Waals surface area contributed by atoms with Crippen molar-refractivity contribution in [1.29, 1.82) is 0 Å². The summed E-state index contributed by atoms with van der Waals surface area (Å²) in [5, 5.41) is 10.4. The van der Waals surface area contributed by atoms with Crippen LogP contribution < -0.4 is 63.3 Å². The van der Waals surface area contributed by atoms with Crippen molar-refractivity contribution < 1.29 is 68.1 Å². The summed E-state index contributed by atoms with van der Waals surface area (Å²) in [6.45, 7) is 4.40. The second kappa shape index (κ2) is 17.3. The van der Waals surface area contributed by atoms with Crippen molar-refractivity contribution in [3.8, 4) is 0 Å². The molecule has 0 aromatic rings. The van der Waals surface area contributed by atoms with Crippen molar-refractivity contribution in [2.24, 2.45) is 5.92 Å². The largest absolute Gasteiger partial charge is 1.00 e. The summed E-state index contributed by atoms with van der Waals surface area (Å²) >= 11 is 0. The number of hydrogen-bond donors (Lipinski definition) is 0. The Bertz CT molecular complexity index is 195. The topological polar surface area (TPSA) is 40.1 Å². The summed E-state index contributed by atoms with van der Waals surface area (Å²) in [6.07, 6.45) is 14.1. The van der Waals surface area contributed by atoms with Gasteiger partial charge in [0.05, 0.1) is 0 Å². The Labute approximate surface area is 168 Å². The van der Waals surface area contributed by atoms with E-state index in [9.17, 15) is 9.90 Å². The summed E-state index contributed by atoms with van der Waals surface area (Å²) in [4.78, 5) is 10.4. The second-order valence-corrected chi connectivity index (χ2v) is 5.45. The van der Waals surface area contributed by atoms with E-state index in [1.54, 1.807) is 0 Å². The molecule has 0 aromatic heterocycles. The number of carboxylic acid groups (broad SMARTS) is 1. The van der Waals surface area contributed by atoms with E-state index in [2.05, 4.69) is 13.8 Å². The Morgan fingerprint density at radius 1 is 0.895 bits per heavy atom. The maximum absolute atomic E-state index is 10.4. The van der Waals surface area contributed by atoms with E-state index in [0.29, 0.717) is 5.92 Å². The number of rotatable bonds is 13. The summed E-state index contributed by atoms with van der Waals surface area (Å²) < 4.78 is 0. The van der Waals surface area contributed by atoms with Gasteiger partial charge in [0, 0.05) is 5.97 Å². The molecule has 0 bridgehead atoms. The normalized spacial score (nSPS) is 11.9. The van der Waals surface area contributed by atoms with Crippen molar-refractivity contribution in [3.05, 3.63) is 0 Å². The van der Waals surface area contributed by atoms with Gasteiger partial charge in [-0.2, -0.15) is 0 Å². The molecule has 0 aromatic carbocycles. The molecule has 19 heavy (non-hydrogen) atoms. The van der Waals surface area contributed by atoms with E-state index >= 15 is 0 Å². The molecule has 0 aliphatic carbocycles. The van der Waals surface area contributed by atoms with Crippen LogP contribution in [0.25, 0.3) is 0 Å². The molecule has 0 aliphatic heterocycles. The quantitative estimate of drug-likeness (QED) is 0.471. The fourth-order valence-electron chi connectivity index (χ4n) is 2.44. The van der Waals surface area contributed by atoms with E-state index in [1.807, 2.05) is 0 Å². The van der Waals surface area contributed by atoms with Crippen molar-refractivity contribution in [1.82, 2.24) is 0 Å². The molecular weight excluding hydrogens is 310 g/mol. The fraction of sp³-hybridized carbons (Fsp3) is 0.938. The van der Waals surface area contributed by atoms with E-state index in [0.717, 1.165) is 12.8 Å². The van der Waals surface area contributed by atoms with Crippen LogP contribution in [-0.4, -0.2) is 5.97 Å².